The molecule has 2 atom stereocenters. The van der Waals surface area contributed by atoms with Gasteiger partial charge in [-0.25, -0.2) is 19.3 Å². The Labute approximate surface area is 266 Å². The number of amides is 2. The molecule has 47 heavy (non-hydrogen) atoms. The number of alkyl halides is 3. The smallest absolute Gasteiger partial charge is 0.424 e. The molecule has 0 spiro atoms. The second kappa shape index (κ2) is 11.6. The number of primary amides is 1. The normalized spacial score (nSPS) is 18.5. The quantitative estimate of drug-likeness (QED) is 0.224. The molecule has 1 unspecified atom stereocenters. The van der Waals surface area contributed by atoms with E-state index in [1.54, 1.807) is 25.4 Å². The van der Waals surface area contributed by atoms with E-state index in [1.807, 2.05) is 0 Å². The summed E-state index contributed by atoms with van der Waals surface area (Å²) in [6, 6.07) is 10.00. The van der Waals surface area contributed by atoms with E-state index in [9.17, 15) is 32.3 Å². The molecule has 2 aromatic heterocycles. The molecule has 2 aliphatic rings. The van der Waals surface area contributed by atoms with Crippen LogP contribution in [-0.2, 0) is 15.8 Å². The SMILES string of the molecule is Cc1ncc(-c2ccc(C(=O)NCC(O)(c3cc4c(c(-c5ccc(F)cc5)n3)OC[C@]4(C)C(N)=O)C(F)(F)F)cc2OC2CC2)cn1. The zero-order valence-corrected chi connectivity index (χ0v) is 25.2. The predicted octanol–water partition coefficient (Wildman–Crippen LogP) is 4.51. The fourth-order valence-corrected chi connectivity index (χ4v) is 5.15. The van der Waals surface area contributed by atoms with Crippen LogP contribution < -0.4 is 20.5 Å². The molecule has 1 aliphatic heterocycles. The minimum absolute atomic E-state index is 0.0226. The number of halogens is 4. The molecule has 2 amide bonds. The van der Waals surface area contributed by atoms with Crippen molar-refractivity contribution in [2.45, 2.75) is 50.0 Å². The third-order valence-corrected chi connectivity index (χ3v) is 8.29. The van der Waals surface area contributed by atoms with Gasteiger partial charge in [-0.1, -0.05) is 0 Å². The van der Waals surface area contributed by atoms with Gasteiger partial charge in [0.25, 0.3) is 5.91 Å². The molecule has 0 radical (unpaired) electrons. The molecule has 14 heteroatoms. The highest BCUT2D eigenvalue weighted by Crippen LogP contribution is 2.48. The van der Waals surface area contributed by atoms with E-state index < -0.39 is 47.1 Å². The van der Waals surface area contributed by atoms with Crippen molar-refractivity contribution in [3.63, 3.8) is 0 Å². The van der Waals surface area contributed by atoms with Gasteiger partial charge in [-0.2, -0.15) is 13.2 Å². The maximum absolute atomic E-state index is 14.8. The second-order valence-corrected chi connectivity index (χ2v) is 11.8. The Kier molecular flexibility index (Phi) is 7.86. The van der Waals surface area contributed by atoms with Gasteiger partial charge >= 0.3 is 6.18 Å². The van der Waals surface area contributed by atoms with Gasteiger partial charge in [0.2, 0.25) is 11.5 Å². The Balaban J connectivity index is 1.36. The molecular weight excluding hydrogens is 622 g/mol. The Morgan fingerprint density at radius 3 is 2.38 bits per heavy atom. The van der Waals surface area contributed by atoms with Crippen molar-refractivity contribution in [3.05, 3.63) is 89.4 Å². The minimum Gasteiger partial charge on any atom is -0.490 e. The number of nitrogens with two attached hydrogens (primary N) is 1. The number of carbonyl (C=O) groups is 2. The molecule has 1 aliphatic carbocycles. The zero-order chi connectivity index (χ0) is 33.7. The van der Waals surface area contributed by atoms with E-state index in [4.69, 9.17) is 15.2 Å². The zero-order valence-electron chi connectivity index (χ0n) is 25.2. The van der Waals surface area contributed by atoms with Crippen LogP contribution in [-0.4, -0.2) is 57.3 Å². The van der Waals surface area contributed by atoms with Crippen LogP contribution in [0.25, 0.3) is 22.4 Å². The fraction of sp³-hybridized carbons (Fsp3) is 0.303. The van der Waals surface area contributed by atoms with Gasteiger partial charge in [-0.05, 0) is 75.2 Å². The first-order valence-electron chi connectivity index (χ1n) is 14.6. The number of benzene rings is 2. The Bertz CT molecular complexity index is 1870. The molecule has 6 rings (SSSR count). The highest BCUT2D eigenvalue weighted by molar-refractivity contribution is 5.95. The molecule has 3 heterocycles. The lowest BCUT2D eigenvalue weighted by molar-refractivity contribution is -0.265. The van der Waals surface area contributed by atoms with E-state index in [2.05, 4.69) is 20.3 Å². The number of aryl methyl sites for hydroxylation is 1. The van der Waals surface area contributed by atoms with Crippen LogP contribution >= 0.6 is 0 Å². The number of hydrogen-bond donors (Lipinski definition) is 3. The number of hydrogen-bond acceptors (Lipinski definition) is 8. The predicted molar refractivity (Wildman–Crippen MR) is 160 cm³/mol. The van der Waals surface area contributed by atoms with E-state index in [0.29, 0.717) is 22.7 Å². The molecule has 10 nitrogen and oxygen atoms in total. The summed E-state index contributed by atoms with van der Waals surface area (Å²) in [5, 5.41) is 13.5. The lowest BCUT2D eigenvalue weighted by atomic mass is 9.81. The molecule has 244 valence electrons. The number of fused-ring (bicyclic) bond motifs is 1. The summed E-state index contributed by atoms with van der Waals surface area (Å²) in [7, 11) is 0. The van der Waals surface area contributed by atoms with Crippen molar-refractivity contribution in [1.29, 1.82) is 0 Å². The van der Waals surface area contributed by atoms with Gasteiger partial charge in [-0.15, -0.1) is 0 Å². The molecule has 1 saturated carbocycles. The number of aliphatic hydroxyl groups is 1. The van der Waals surface area contributed by atoms with Crippen molar-refractivity contribution in [1.82, 2.24) is 20.3 Å². The first kappa shape index (κ1) is 31.9. The maximum Gasteiger partial charge on any atom is 0.424 e. The average Bonchev–Trinajstić information content (AvgIpc) is 3.79. The lowest BCUT2D eigenvalue weighted by Crippen LogP contribution is -2.51. The topological polar surface area (TPSA) is 150 Å². The second-order valence-electron chi connectivity index (χ2n) is 11.8. The highest BCUT2D eigenvalue weighted by Gasteiger charge is 2.57. The molecule has 4 aromatic rings. The highest BCUT2D eigenvalue weighted by atomic mass is 19.4. The van der Waals surface area contributed by atoms with Crippen molar-refractivity contribution in [2.75, 3.05) is 13.2 Å². The molecule has 4 N–H and O–H groups in total. The number of nitrogens with one attached hydrogen (secondary N) is 1. The van der Waals surface area contributed by atoms with Gasteiger partial charge in [-0.3, -0.25) is 9.59 Å². The number of rotatable bonds is 9. The molecule has 0 bridgehead atoms. The van der Waals surface area contributed by atoms with Crippen LogP contribution in [0.3, 0.4) is 0 Å². The van der Waals surface area contributed by atoms with Crippen molar-refractivity contribution in [2.24, 2.45) is 5.73 Å². The van der Waals surface area contributed by atoms with Crippen molar-refractivity contribution < 1.29 is 41.7 Å². The lowest BCUT2D eigenvalue weighted by Gasteiger charge is -2.31. The van der Waals surface area contributed by atoms with Crippen LogP contribution in [0.4, 0.5) is 17.6 Å². The molecular formula is C33H29F4N5O5. The van der Waals surface area contributed by atoms with Crippen LogP contribution in [0.2, 0.25) is 0 Å². The standard InChI is InChI=1S/C33H29F4N5O5/c1-17-39-13-20(14-40-17)23-10-5-19(11-25(23)47-22-8-9-22)29(43)41-15-32(45,33(35,36)37)26-12-24-28(46-16-31(24,2)30(38)44)27(42-26)18-3-6-21(34)7-4-18/h3-7,10-14,22,45H,8-9,15-16H2,1-2H3,(H2,38,44)(H,41,43)/t31-,32?/m0/s1. The van der Waals surface area contributed by atoms with Crippen LogP contribution in [0.5, 0.6) is 11.5 Å². The van der Waals surface area contributed by atoms with Crippen molar-refractivity contribution in [3.8, 4) is 33.9 Å². The van der Waals surface area contributed by atoms with E-state index in [-0.39, 0.29) is 40.8 Å². The third kappa shape index (κ3) is 5.96. The monoisotopic (exact) mass is 651 g/mol. The largest absolute Gasteiger partial charge is 0.490 e. The van der Waals surface area contributed by atoms with Crippen LogP contribution in [0.1, 0.15) is 47.2 Å². The van der Waals surface area contributed by atoms with Crippen LogP contribution in [0, 0.1) is 12.7 Å². The van der Waals surface area contributed by atoms with Crippen LogP contribution in [0.15, 0.2) is 60.9 Å². The third-order valence-electron chi connectivity index (χ3n) is 8.29. The van der Waals surface area contributed by atoms with E-state index in [1.165, 1.54) is 31.2 Å². The minimum atomic E-state index is -5.36. The first-order chi connectivity index (χ1) is 22.2. The number of carbonyl (C=O) groups excluding carboxylic acids is 2. The number of aromatic nitrogens is 3. The summed E-state index contributed by atoms with van der Waals surface area (Å²) in [4.78, 5) is 38.2. The number of nitrogens with zero attached hydrogens (tertiary/aromatic N) is 3. The molecule has 1 fully saturated rings. The summed E-state index contributed by atoms with van der Waals surface area (Å²) >= 11 is 0. The Morgan fingerprint density at radius 2 is 1.77 bits per heavy atom. The van der Waals surface area contributed by atoms with Crippen molar-refractivity contribution >= 4 is 11.8 Å². The maximum atomic E-state index is 14.8. The number of ether oxygens (including phenoxy) is 2. The summed E-state index contributed by atoms with van der Waals surface area (Å²) in [5.74, 6) is -1.56. The first-order valence-corrected chi connectivity index (χ1v) is 14.6. The van der Waals surface area contributed by atoms with Gasteiger partial charge in [0, 0.05) is 40.2 Å². The average molecular weight is 652 g/mol. The summed E-state index contributed by atoms with van der Waals surface area (Å²) in [6.45, 7) is 1.48. The summed E-state index contributed by atoms with van der Waals surface area (Å²) < 4.78 is 69.7. The molecule has 2 aromatic carbocycles. The number of pyridine rings is 1. The Hall–Kier alpha value is -5.11. The van der Waals surface area contributed by atoms with Gasteiger partial charge in [0.05, 0.1) is 18.3 Å². The van der Waals surface area contributed by atoms with E-state index >= 15 is 0 Å². The summed E-state index contributed by atoms with van der Waals surface area (Å²) in [6.07, 6.45) is -0.611. The van der Waals surface area contributed by atoms with Gasteiger partial charge in [0.15, 0.2) is 0 Å². The van der Waals surface area contributed by atoms with E-state index in [0.717, 1.165) is 31.0 Å². The Morgan fingerprint density at radius 1 is 1.09 bits per heavy atom. The van der Waals surface area contributed by atoms with Gasteiger partial charge < -0.3 is 25.6 Å². The molecule has 0 saturated heterocycles. The fourth-order valence-electron chi connectivity index (χ4n) is 5.15. The summed E-state index contributed by atoms with van der Waals surface area (Å²) in [5.41, 5.74) is 0.528. The van der Waals surface area contributed by atoms with Gasteiger partial charge in [0.1, 0.15) is 40.9 Å².